The van der Waals surface area contributed by atoms with Gasteiger partial charge < -0.3 is 11.1 Å². The van der Waals surface area contributed by atoms with Crippen LogP contribution in [0.25, 0.3) is 0 Å². The lowest BCUT2D eigenvalue weighted by Crippen LogP contribution is -2.40. The van der Waals surface area contributed by atoms with Crippen LogP contribution in [0.5, 0.6) is 0 Å². The number of hydrogen-bond donors (Lipinski definition) is 2. The molecular weight excluding hydrogens is 268 g/mol. The Morgan fingerprint density at radius 2 is 2.05 bits per heavy atom. The first-order valence-corrected chi connectivity index (χ1v) is 8.57. The van der Waals surface area contributed by atoms with Crippen LogP contribution in [0.3, 0.4) is 0 Å². The number of anilines is 1. The highest BCUT2D eigenvalue weighted by molar-refractivity contribution is 7.99. The smallest absolute Gasteiger partial charge is 0.227 e. The average Bonchev–Trinajstić information content (AvgIpc) is 2.47. The van der Waals surface area contributed by atoms with Crippen molar-refractivity contribution in [3.05, 3.63) is 29.8 Å². The number of carbonyl (C=O) groups is 1. The second kappa shape index (κ2) is 7.02. The van der Waals surface area contributed by atoms with Crippen molar-refractivity contribution in [3.63, 3.8) is 0 Å². The number of amides is 1. The van der Waals surface area contributed by atoms with Gasteiger partial charge in [0.2, 0.25) is 5.91 Å². The summed E-state index contributed by atoms with van der Waals surface area (Å²) in [5, 5.41) is 3.96. The average molecular weight is 292 g/mol. The molecule has 110 valence electrons. The largest absolute Gasteiger partial charge is 0.399 e. The first-order chi connectivity index (χ1) is 9.60. The predicted octanol–water partition coefficient (Wildman–Crippen LogP) is 3.16. The van der Waals surface area contributed by atoms with Crippen LogP contribution in [0.4, 0.5) is 5.69 Å². The molecule has 1 saturated carbocycles. The van der Waals surface area contributed by atoms with Crippen LogP contribution in [0.15, 0.2) is 24.3 Å². The first-order valence-electron chi connectivity index (χ1n) is 7.28. The number of nitrogen functional groups attached to an aromatic ring is 1. The fraction of sp³-hybridized carbons (Fsp3) is 0.562. The van der Waals surface area contributed by atoms with Crippen molar-refractivity contribution in [2.75, 3.05) is 12.0 Å². The van der Waals surface area contributed by atoms with Crippen LogP contribution in [0.1, 0.15) is 44.1 Å². The topological polar surface area (TPSA) is 55.1 Å². The molecule has 20 heavy (non-hydrogen) atoms. The van der Waals surface area contributed by atoms with E-state index < -0.39 is 0 Å². The fourth-order valence-electron chi connectivity index (χ4n) is 2.75. The van der Waals surface area contributed by atoms with Crippen LogP contribution in [0.2, 0.25) is 0 Å². The summed E-state index contributed by atoms with van der Waals surface area (Å²) in [6.07, 6.45) is 6.78. The highest BCUT2D eigenvalue weighted by Crippen LogP contribution is 2.27. The first kappa shape index (κ1) is 15.2. The molecule has 0 saturated heterocycles. The van der Waals surface area contributed by atoms with E-state index >= 15 is 0 Å². The third-order valence-corrected chi connectivity index (χ3v) is 5.30. The van der Waals surface area contributed by atoms with Crippen molar-refractivity contribution in [3.8, 4) is 0 Å². The van der Waals surface area contributed by atoms with Crippen LogP contribution < -0.4 is 11.1 Å². The molecule has 4 heteroatoms. The lowest BCUT2D eigenvalue weighted by molar-refractivity contribution is -0.123. The molecule has 2 rings (SSSR count). The van der Waals surface area contributed by atoms with E-state index in [2.05, 4.69) is 11.6 Å². The Bertz CT molecular complexity index is 456. The monoisotopic (exact) mass is 292 g/mol. The molecule has 0 heterocycles. The molecule has 1 aromatic carbocycles. The molecule has 0 aromatic heterocycles. The SMILES string of the molecule is CSC1CCC(NC(=O)C(C)c2cccc(N)c2)CC1. The van der Waals surface area contributed by atoms with Crippen molar-refractivity contribution >= 4 is 23.4 Å². The van der Waals surface area contributed by atoms with Gasteiger partial charge in [-0.1, -0.05) is 12.1 Å². The highest BCUT2D eigenvalue weighted by Gasteiger charge is 2.24. The van der Waals surface area contributed by atoms with Gasteiger partial charge in [-0.05, 0) is 56.6 Å². The van der Waals surface area contributed by atoms with E-state index in [0.717, 1.165) is 23.7 Å². The van der Waals surface area contributed by atoms with Gasteiger partial charge in [0, 0.05) is 17.0 Å². The van der Waals surface area contributed by atoms with Gasteiger partial charge in [-0.15, -0.1) is 0 Å². The van der Waals surface area contributed by atoms with Crippen LogP contribution in [-0.2, 0) is 4.79 Å². The second-order valence-corrected chi connectivity index (χ2v) is 6.75. The van der Waals surface area contributed by atoms with Gasteiger partial charge in [0.25, 0.3) is 0 Å². The van der Waals surface area contributed by atoms with E-state index in [1.54, 1.807) is 0 Å². The van der Waals surface area contributed by atoms with Gasteiger partial charge in [0.1, 0.15) is 0 Å². The number of hydrogen-bond acceptors (Lipinski definition) is 3. The number of nitrogens with one attached hydrogen (secondary N) is 1. The summed E-state index contributed by atoms with van der Waals surface area (Å²) in [5.41, 5.74) is 7.47. The Balaban J connectivity index is 1.89. The molecule has 3 nitrogen and oxygen atoms in total. The minimum atomic E-state index is -0.142. The normalized spacial score (nSPS) is 24.1. The Morgan fingerprint density at radius 3 is 2.65 bits per heavy atom. The zero-order valence-corrected chi connectivity index (χ0v) is 13.1. The number of rotatable bonds is 4. The van der Waals surface area contributed by atoms with Crippen LogP contribution in [-0.4, -0.2) is 23.5 Å². The molecule has 1 unspecified atom stereocenters. The Hall–Kier alpha value is -1.16. The van der Waals surface area contributed by atoms with Gasteiger partial charge in [0.05, 0.1) is 5.92 Å². The Morgan fingerprint density at radius 1 is 1.35 bits per heavy atom. The van der Waals surface area contributed by atoms with Crippen molar-refractivity contribution in [1.82, 2.24) is 5.32 Å². The van der Waals surface area contributed by atoms with E-state index in [-0.39, 0.29) is 11.8 Å². The summed E-state index contributed by atoms with van der Waals surface area (Å²) in [5.74, 6) is -0.0278. The van der Waals surface area contributed by atoms with Crippen LogP contribution in [0, 0.1) is 0 Å². The van der Waals surface area contributed by atoms with Crippen molar-refractivity contribution in [2.24, 2.45) is 0 Å². The molecule has 0 bridgehead atoms. The minimum Gasteiger partial charge on any atom is -0.399 e. The summed E-state index contributed by atoms with van der Waals surface area (Å²) in [6, 6.07) is 7.94. The molecule has 3 N–H and O–H groups in total. The fourth-order valence-corrected chi connectivity index (χ4v) is 3.49. The Kier molecular flexibility index (Phi) is 5.35. The van der Waals surface area contributed by atoms with E-state index in [1.165, 1.54) is 12.8 Å². The summed E-state index contributed by atoms with van der Waals surface area (Å²) in [6.45, 7) is 1.94. The molecule has 1 aromatic rings. The third kappa shape index (κ3) is 3.92. The maximum absolute atomic E-state index is 12.3. The van der Waals surface area contributed by atoms with E-state index in [4.69, 9.17) is 5.73 Å². The molecule has 0 spiro atoms. The van der Waals surface area contributed by atoms with E-state index in [1.807, 2.05) is 43.0 Å². The van der Waals surface area contributed by atoms with Gasteiger partial charge in [-0.2, -0.15) is 11.8 Å². The van der Waals surface area contributed by atoms with Crippen molar-refractivity contribution in [2.45, 2.75) is 49.8 Å². The summed E-state index contributed by atoms with van der Waals surface area (Å²) in [4.78, 5) is 12.3. The summed E-state index contributed by atoms with van der Waals surface area (Å²) < 4.78 is 0. The van der Waals surface area contributed by atoms with Crippen LogP contribution >= 0.6 is 11.8 Å². The molecule has 1 fully saturated rings. The van der Waals surface area contributed by atoms with E-state index in [9.17, 15) is 4.79 Å². The molecule has 1 atom stereocenters. The molecule has 1 amide bonds. The number of carbonyl (C=O) groups excluding carboxylic acids is 1. The van der Waals surface area contributed by atoms with Gasteiger partial charge in [0.15, 0.2) is 0 Å². The maximum Gasteiger partial charge on any atom is 0.227 e. The van der Waals surface area contributed by atoms with Gasteiger partial charge >= 0.3 is 0 Å². The van der Waals surface area contributed by atoms with Gasteiger partial charge in [-0.25, -0.2) is 0 Å². The molecule has 1 aliphatic rings. The summed E-state index contributed by atoms with van der Waals surface area (Å²) >= 11 is 1.94. The van der Waals surface area contributed by atoms with Crippen molar-refractivity contribution < 1.29 is 4.79 Å². The van der Waals surface area contributed by atoms with E-state index in [0.29, 0.717) is 11.7 Å². The zero-order chi connectivity index (χ0) is 14.5. The second-order valence-electron chi connectivity index (χ2n) is 5.61. The predicted molar refractivity (Wildman–Crippen MR) is 87.0 cm³/mol. The maximum atomic E-state index is 12.3. The molecule has 0 radical (unpaired) electrons. The Labute approximate surface area is 125 Å². The molecular formula is C16H24N2OS. The lowest BCUT2D eigenvalue weighted by atomic mass is 9.93. The standard InChI is InChI=1S/C16H24N2OS/c1-11(12-4-3-5-13(17)10-12)16(19)18-14-6-8-15(20-2)9-7-14/h3-5,10-11,14-15H,6-9,17H2,1-2H3,(H,18,19). The third-order valence-electron chi connectivity index (χ3n) is 4.16. The summed E-state index contributed by atoms with van der Waals surface area (Å²) in [7, 11) is 0. The van der Waals surface area contributed by atoms with Crippen molar-refractivity contribution in [1.29, 1.82) is 0 Å². The number of benzene rings is 1. The quantitative estimate of drug-likeness (QED) is 0.838. The van der Waals surface area contributed by atoms with Gasteiger partial charge in [-0.3, -0.25) is 4.79 Å². The number of nitrogens with two attached hydrogens (primary N) is 1. The minimum absolute atomic E-state index is 0.114. The number of thioether (sulfide) groups is 1. The molecule has 0 aliphatic heterocycles. The zero-order valence-electron chi connectivity index (χ0n) is 12.3. The lowest BCUT2D eigenvalue weighted by Gasteiger charge is -2.29. The highest BCUT2D eigenvalue weighted by atomic mass is 32.2. The molecule has 1 aliphatic carbocycles.